The smallest absolute Gasteiger partial charge is 0.175 e. The van der Waals surface area contributed by atoms with Crippen LogP contribution < -0.4 is 5.32 Å². The molecule has 0 fully saturated rings. The number of rotatable bonds is 3. The summed E-state index contributed by atoms with van der Waals surface area (Å²) in [5, 5.41) is 3.51. The first-order valence-corrected chi connectivity index (χ1v) is 9.05. The van der Waals surface area contributed by atoms with Crippen LogP contribution in [0.1, 0.15) is 17.5 Å². The highest BCUT2D eigenvalue weighted by Gasteiger charge is 2.18. The van der Waals surface area contributed by atoms with Gasteiger partial charge in [0.25, 0.3) is 0 Å². The number of hydrogen-bond acceptors (Lipinski definition) is 3. The molecule has 0 saturated carbocycles. The quantitative estimate of drug-likeness (QED) is 0.947. The van der Waals surface area contributed by atoms with E-state index in [0.29, 0.717) is 10.9 Å². The Kier molecular flexibility index (Phi) is 3.72. The molecule has 4 heteroatoms. The van der Waals surface area contributed by atoms with E-state index in [4.69, 9.17) is 0 Å². The van der Waals surface area contributed by atoms with Crippen LogP contribution in [-0.2, 0) is 22.7 Å². The van der Waals surface area contributed by atoms with Crippen LogP contribution in [0.5, 0.6) is 0 Å². The molecule has 0 aliphatic heterocycles. The van der Waals surface area contributed by atoms with Crippen molar-refractivity contribution in [2.45, 2.75) is 30.2 Å². The lowest BCUT2D eigenvalue weighted by molar-refractivity contribution is 0.601. The first-order valence-electron chi connectivity index (χ1n) is 7.16. The molecule has 1 aliphatic rings. The minimum absolute atomic E-state index is 0.363. The Hall–Kier alpha value is -1.81. The van der Waals surface area contributed by atoms with E-state index in [1.165, 1.54) is 17.4 Å². The summed E-state index contributed by atoms with van der Waals surface area (Å²) in [5.41, 5.74) is 3.84. The number of benzene rings is 2. The average molecular weight is 301 g/mol. The highest BCUT2D eigenvalue weighted by Crippen LogP contribution is 2.24. The van der Waals surface area contributed by atoms with E-state index in [1.807, 2.05) is 12.1 Å². The maximum atomic E-state index is 11.5. The van der Waals surface area contributed by atoms with Gasteiger partial charge in [-0.05, 0) is 54.7 Å². The second-order valence-electron chi connectivity index (χ2n) is 5.65. The van der Waals surface area contributed by atoms with Crippen molar-refractivity contribution in [1.29, 1.82) is 0 Å². The lowest BCUT2D eigenvalue weighted by Gasteiger charge is -2.26. The van der Waals surface area contributed by atoms with Gasteiger partial charge in [0.15, 0.2) is 9.84 Å². The molecule has 2 aromatic carbocycles. The lowest BCUT2D eigenvalue weighted by Crippen LogP contribution is -2.27. The normalized spacial score (nSPS) is 18.0. The summed E-state index contributed by atoms with van der Waals surface area (Å²) in [7, 11) is -3.12. The van der Waals surface area contributed by atoms with Crippen molar-refractivity contribution in [3.63, 3.8) is 0 Å². The van der Waals surface area contributed by atoms with Crippen molar-refractivity contribution in [2.24, 2.45) is 0 Å². The van der Waals surface area contributed by atoms with E-state index in [1.54, 1.807) is 12.1 Å². The van der Waals surface area contributed by atoms with Crippen LogP contribution in [-0.4, -0.2) is 20.7 Å². The Morgan fingerprint density at radius 2 is 1.67 bits per heavy atom. The average Bonchev–Trinajstić information content (AvgIpc) is 2.47. The van der Waals surface area contributed by atoms with E-state index in [-0.39, 0.29) is 0 Å². The number of nitrogens with one attached hydrogen (secondary N) is 1. The topological polar surface area (TPSA) is 46.2 Å². The number of hydrogen-bond donors (Lipinski definition) is 1. The van der Waals surface area contributed by atoms with Gasteiger partial charge in [0.1, 0.15) is 0 Å². The monoisotopic (exact) mass is 301 g/mol. The molecule has 0 saturated heterocycles. The maximum absolute atomic E-state index is 11.5. The van der Waals surface area contributed by atoms with Crippen LogP contribution in [0.3, 0.4) is 0 Å². The molecule has 2 aromatic rings. The lowest BCUT2D eigenvalue weighted by atomic mass is 9.88. The van der Waals surface area contributed by atoms with Gasteiger partial charge in [-0.2, -0.15) is 0 Å². The molecule has 0 heterocycles. The van der Waals surface area contributed by atoms with Crippen LogP contribution in [0, 0.1) is 0 Å². The summed E-state index contributed by atoms with van der Waals surface area (Å²) in [5.74, 6) is 0. The highest BCUT2D eigenvalue weighted by atomic mass is 32.2. The van der Waals surface area contributed by atoms with Crippen LogP contribution in [0.25, 0.3) is 0 Å². The Morgan fingerprint density at radius 3 is 2.33 bits per heavy atom. The Morgan fingerprint density at radius 1 is 1.00 bits per heavy atom. The number of fused-ring (bicyclic) bond motifs is 1. The predicted octanol–water partition coefficient (Wildman–Crippen LogP) is 3.06. The first kappa shape index (κ1) is 14.1. The van der Waals surface area contributed by atoms with E-state index in [9.17, 15) is 8.42 Å². The summed E-state index contributed by atoms with van der Waals surface area (Å²) in [6.07, 6.45) is 4.44. The van der Waals surface area contributed by atoms with Gasteiger partial charge >= 0.3 is 0 Å². The highest BCUT2D eigenvalue weighted by molar-refractivity contribution is 7.90. The Labute approximate surface area is 125 Å². The second-order valence-corrected chi connectivity index (χ2v) is 7.67. The van der Waals surface area contributed by atoms with Gasteiger partial charge in [-0.3, -0.25) is 0 Å². The van der Waals surface area contributed by atoms with Gasteiger partial charge in [0.05, 0.1) is 4.90 Å². The zero-order valence-corrected chi connectivity index (χ0v) is 12.9. The fourth-order valence-electron chi connectivity index (χ4n) is 2.86. The molecule has 1 unspecified atom stereocenters. The van der Waals surface area contributed by atoms with Gasteiger partial charge in [-0.25, -0.2) is 8.42 Å². The zero-order valence-electron chi connectivity index (χ0n) is 12.0. The van der Waals surface area contributed by atoms with Crippen LogP contribution in [0.4, 0.5) is 5.69 Å². The molecule has 110 valence electrons. The van der Waals surface area contributed by atoms with E-state index >= 15 is 0 Å². The predicted molar refractivity (Wildman–Crippen MR) is 85.4 cm³/mol. The fraction of sp³-hybridized carbons (Fsp3) is 0.294. The van der Waals surface area contributed by atoms with Crippen molar-refractivity contribution >= 4 is 15.5 Å². The second kappa shape index (κ2) is 5.53. The molecule has 3 rings (SSSR count). The molecule has 1 aliphatic carbocycles. The van der Waals surface area contributed by atoms with Gasteiger partial charge in [-0.15, -0.1) is 0 Å². The Balaban J connectivity index is 1.71. The summed E-state index contributed by atoms with van der Waals surface area (Å²) in [6.45, 7) is 0. The Bertz CT molecular complexity index is 736. The number of aryl methyl sites for hydroxylation is 1. The van der Waals surface area contributed by atoms with Crippen molar-refractivity contribution < 1.29 is 8.42 Å². The van der Waals surface area contributed by atoms with E-state index < -0.39 is 9.84 Å². The van der Waals surface area contributed by atoms with Crippen molar-refractivity contribution in [2.75, 3.05) is 11.6 Å². The molecule has 1 N–H and O–H groups in total. The third kappa shape index (κ3) is 3.27. The van der Waals surface area contributed by atoms with Gasteiger partial charge in [0, 0.05) is 18.0 Å². The summed E-state index contributed by atoms with van der Waals surface area (Å²) >= 11 is 0. The van der Waals surface area contributed by atoms with Crippen molar-refractivity contribution in [3.8, 4) is 0 Å². The molecule has 0 spiro atoms. The zero-order chi connectivity index (χ0) is 14.9. The third-order valence-electron chi connectivity index (χ3n) is 4.00. The van der Waals surface area contributed by atoms with Crippen LogP contribution in [0.2, 0.25) is 0 Å². The van der Waals surface area contributed by atoms with Crippen molar-refractivity contribution in [3.05, 3.63) is 59.7 Å². The molecule has 0 radical (unpaired) electrons. The molecule has 0 amide bonds. The SMILES string of the molecule is CS(=O)(=O)c1ccc(NC2CCc3ccccc3C2)cc1. The van der Waals surface area contributed by atoms with E-state index in [0.717, 1.165) is 24.9 Å². The molecule has 0 bridgehead atoms. The summed E-state index contributed by atoms with van der Waals surface area (Å²) in [6, 6.07) is 16.0. The first-order chi connectivity index (χ1) is 10.0. The minimum Gasteiger partial charge on any atom is -0.382 e. The molecular formula is C17H19NO2S. The number of anilines is 1. The molecule has 21 heavy (non-hydrogen) atoms. The van der Waals surface area contributed by atoms with E-state index in [2.05, 4.69) is 29.6 Å². The summed E-state index contributed by atoms with van der Waals surface area (Å²) < 4.78 is 22.9. The molecule has 1 atom stereocenters. The molecular weight excluding hydrogens is 282 g/mol. The fourth-order valence-corrected chi connectivity index (χ4v) is 3.49. The minimum atomic E-state index is -3.12. The summed E-state index contributed by atoms with van der Waals surface area (Å²) in [4.78, 5) is 0.363. The maximum Gasteiger partial charge on any atom is 0.175 e. The number of sulfone groups is 1. The molecule has 0 aromatic heterocycles. The van der Waals surface area contributed by atoms with Crippen LogP contribution >= 0.6 is 0 Å². The van der Waals surface area contributed by atoms with Gasteiger partial charge in [-0.1, -0.05) is 24.3 Å². The van der Waals surface area contributed by atoms with Crippen LogP contribution in [0.15, 0.2) is 53.4 Å². The largest absolute Gasteiger partial charge is 0.382 e. The third-order valence-corrected chi connectivity index (χ3v) is 5.13. The van der Waals surface area contributed by atoms with Gasteiger partial charge in [0.2, 0.25) is 0 Å². The van der Waals surface area contributed by atoms with Crippen molar-refractivity contribution in [1.82, 2.24) is 0 Å². The molecule has 3 nitrogen and oxygen atoms in total. The standard InChI is InChI=1S/C17H19NO2S/c1-21(19,20)17-10-8-15(9-11-17)18-16-7-6-13-4-2-3-5-14(13)12-16/h2-5,8-11,16,18H,6-7,12H2,1H3. The van der Waals surface area contributed by atoms with Gasteiger partial charge < -0.3 is 5.32 Å².